The molecular weight excluding hydrogens is 270 g/mol. The quantitative estimate of drug-likeness (QED) is 0.856. The van der Waals surface area contributed by atoms with Crippen LogP contribution in [-0.2, 0) is 4.74 Å². The zero-order valence-corrected chi connectivity index (χ0v) is 11.1. The van der Waals surface area contributed by atoms with Gasteiger partial charge in [0.05, 0.1) is 19.0 Å². The molecule has 6 nitrogen and oxygen atoms in total. The number of methoxy groups -OCH3 is 1. The summed E-state index contributed by atoms with van der Waals surface area (Å²) in [5, 5.41) is 4.70. The number of nitrogens with zero attached hydrogens (tertiary/aromatic N) is 2. The van der Waals surface area contributed by atoms with Crippen molar-refractivity contribution in [3.05, 3.63) is 35.0 Å². The smallest absolute Gasteiger partial charge is 0.437 e. The third-order valence-electron chi connectivity index (χ3n) is 2.52. The van der Waals surface area contributed by atoms with Gasteiger partial charge in [0.2, 0.25) is 0 Å². The Bertz CT molecular complexity index is 625. The topological polar surface area (TPSA) is 79.4 Å². The molecule has 100 valence electrons. The van der Waals surface area contributed by atoms with Crippen LogP contribution in [0.15, 0.2) is 24.4 Å². The molecule has 1 heterocycles. The first-order chi connectivity index (χ1) is 9.02. The number of rotatable bonds is 2. The van der Waals surface area contributed by atoms with Gasteiger partial charge in [-0.3, -0.25) is 0 Å². The highest BCUT2D eigenvalue weighted by Crippen LogP contribution is 2.27. The first-order valence-corrected chi connectivity index (χ1v) is 5.76. The number of nitrogens with two attached hydrogens (primary N) is 1. The first kappa shape index (κ1) is 13.2. The number of aromatic nitrogens is 2. The Morgan fingerprint density at radius 2 is 2.21 bits per heavy atom. The molecule has 2 N–H and O–H groups in total. The van der Waals surface area contributed by atoms with Gasteiger partial charge in [0, 0.05) is 5.02 Å². The van der Waals surface area contributed by atoms with Gasteiger partial charge in [0.1, 0.15) is 0 Å². The van der Waals surface area contributed by atoms with Crippen LogP contribution in [0.25, 0.3) is 5.69 Å². The third kappa shape index (κ3) is 2.63. The number of hydrogen-bond acceptors (Lipinski definition) is 5. The highest BCUT2D eigenvalue weighted by Gasteiger charge is 2.15. The molecular formula is C12H12ClN3O3. The monoisotopic (exact) mass is 281 g/mol. The summed E-state index contributed by atoms with van der Waals surface area (Å²) in [7, 11) is 1.21. The van der Waals surface area contributed by atoms with Crippen molar-refractivity contribution < 1.29 is 14.3 Å². The van der Waals surface area contributed by atoms with Gasteiger partial charge in [-0.15, -0.1) is 0 Å². The van der Waals surface area contributed by atoms with E-state index in [0.29, 0.717) is 5.02 Å². The zero-order chi connectivity index (χ0) is 14.0. The van der Waals surface area contributed by atoms with E-state index in [1.807, 2.05) is 6.92 Å². The minimum atomic E-state index is -0.848. The normalized spacial score (nSPS) is 10.3. The highest BCUT2D eigenvalue weighted by atomic mass is 35.5. The predicted octanol–water partition coefficient (Wildman–Crippen LogP) is 2.56. The van der Waals surface area contributed by atoms with Crippen molar-refractivity contribution >= 4 is 23.6 Å². The lowest BCUT2D eigenvalue weighted by molar-refractivity contribution is 0.121. The van der Waals surface area contributed by atoms with Crippen molar-refractivity contribution in [3.8, 4) is 11.4 Å². The SMILES string of the molecule is COC(=O)Oc1cnn(-c2ccc(Cl)cc2C)c1N. The fourth-order valence-electron chi connectivity index (χ4n) is 1.60. The second-order valence-corrected chi connectivity index (χ2v) is 4.23. The molecule has 0 spiro atoms. The maximum absolute atomic E-state index is 11.0. The molecule has 1 aromatic carbocycles. The fraction of sp³-hybridized carbons (Fsp3) is 0.167. The second-order valence-electron chi connectivity index (χ2n) is 3.79. The fourth-order valence-corrected chi connectivity index (χ4v) is 1.83. The molecule has 0 fully saturated rings. The number of hydrogen-bond donors (Lipinski definition) is 1. The van der Waals surface area contributed by atoms with Gasteiger partial charge in [0.15, 0.2) is 11.6 Å². The summed E-state index contributed by atoms with van der Waals surface area (Å²) < 4.78 is 10.7. The largest absolute Gasteiger partial charge is 0.513 e. The number of benzene rings is 1. The Kier molecular flexibility index (Phi) is 3.62. The average Bonchev–Trinajstić information content (AvgIpc) is 2.71. The molecule has 0 aliphatic rings. The van der Waals surface area contributed by atoms with E-state index in [1.54, 1.807) is 18.2 Å². The van der Waals surface area contributed by atoms with Crippen LogP contribution in [0.5, 0.6) is 5.75 Å². The van der Waals surface area contributed by atoms with E-state index in [4.69, 9.17) is 22.1 Å². The standard InChI is InChI=1S/C12H12ClN3O3/c1-7-5-8(13)3-4-9(7)16-11(14)10(6-15-16)19-12(17)18-2/h3-6H,14H2,1-2H3. The van der Waals surface area contributed by atoms with Gasteiger partial charge in [0.25, 0.3) is 0 Å². The maximum atomic E-state index is 11.0. The molecule has 0 atom stereocenters. The van der Waals surface area contributed by atoms with Gasteiger partial charge in [-0.2, -0.15) is 5.10 Å². The summed E-state index contributed by atoms with van der Waals surface area (Å²) in [5.41, 5.74) is 7.53. The Labute approximate surface area is 114 Å². The van der Waals surface area contributed by atoms with Crippen LogP contribution in [0.3, 0.4) is 0 Å². The van der Waals surface area contributed by atoms with Crippen molar-refractivity contribution in [2.75, 3.05) is 12.8 Å². The molecule has 0 aliphatic heterocycles. The summed E-state index contributed by atoms with van der Waals surface area (Å²) >= 11 is 5.89. The summed E-state index contributed by atoms with van der Waals surface area (Å²) in [6.45, 7) is 1.88. The molecule has 7 heteroatoms. The van der Waals surface area contributed by atoms with E-state index in [2.05, 4.69) is 9.84 Å². The molecule has 0 bridgehead atoms. The van der Waals surface area contributed by atoms with Crippen LogP contribution in [0.2, 0.25) is 5.02 Å². The third-order valence-corrected chi connectivity index (χ3v) is 2.75. The van der Waals surface area contributed by atoms with E-state index in [0.717, 1.165) is 11.3 Å². The predicted molar refractivity (Wildman–Crippen MR) is 70.8 cm³/mol. The van der Waals surface area contributed by atoms with Crippen LogP contribution >= 0.6 is 11.6 Å². The molecule has 2 rings (SSSR count). The van der Waals surface area contributed by atoms with Gasteiger partial charge in [-0.25, -0.2) is 9.48 Å². The lowest BCUT2D eigenvalue weighted by Crippen LogP contribution is -2.09. The van der Waals surface area contributed by atoms with Crippen LogP contribution in [0.4, 0.5) is 10.6 Å². The van der Waals surface area contributed by atoms with Crippen LogP contribution in [0, 0.1) is 6.92 Å². The average molecular weight is 282 g/mol. The first-order valence-electron chi connectivity index (χ1n) is 5.38. The maximum Gasteiger partial charge on any atom is 0.513 e. The van der Waals surface area contributed by atoms with Crippen molar-refractivity contribution in [1.29, 1.82) is 0 Å². The summed E-state index contributed by atoms with van der Waals surface area (Å²) in [4.78, 5) is 11.0. The Hall–Kier alpha value is -2.21. The van der Waals surface area contributed by atoms with E-state index in [1.165, 1.54) is 18.0 Å². The summed E-state index contributed by atoms with van der Waals surface area (Å²) in [6.07, 6.45) is 0.499. The van der Waals surface area contributed by atoms with E-state index in [9.17, 15) is 4.79 Å². The Balaban J connectivity index is 2.38. The minimum Gasteiger partial charge on any atom is -0.437 e. The molecule has 2 aromatic rings. The van der Waals surface area contributed by atoms with E-state index in [-0.39, 0.29) is 11.6 Å². The van der Waals surface area contributed by atoms with Crippen LogP contribution in [0.1, 0.15) is 5.56 Å². The van der Waals surface area contributed by atoms with E-state index < -0.39 is 6.16 Å². The van der Waals surface area contributed by atoms with Crippen molar-refractivity contribution in [1.82, 2.24) is 9.78 Å². The molecule has 1 aromatic heterocycles. The van der Waals surface area contributed by atoms with Gasteiger partial charge in [-0.05, 0) is 30.7 Å². The number of aryl methyl sites for hydroxylation is 1. The second kappa shape index (κ2) is 5.19. The molecule has 0 unspecified atom stereocenters. The number of anilines is 1. The number of carbonyl (C=O) groups excluding carboxylic acids is 1. The van der Waals surface area contributed by atoms with Crippen molar-refractivity contribution in [3.63, 3.8) is 0 Å². The number of halogens is 1. The van der Waals surface area contributed by atoms with Crippen LogP contribution in [-0.4, -0.2) is 23.0 Å². The number of ether oxygens (including phenoxy) is 2. The lowest BCUT2D eigenvalue weighted by atomic mass is 10.2. The van der Waals surface area contributed by atoms with Gasteiger partial charge in [-0.1, -0.05) is 11.6 Å². The lowest BCUT2D eigenvalue weighted by Gasteiger charge is -2.08. The van der Waals surface area contributed by atoms with Gasteiger partial charge < -0.3 is 15.2 Å². The molecule has 0 amide bonds. The molecule has 0 saturated carbocycles. The molecule has 19 heavy (non-hydrogen) atoms. The Morgan fingerprint density at radius 3 is 2.84 bits per heavy atom. The van der Waals surface area contributed by atoms with Crippen LogP contribution < -0.4 is 10.5 Å². The number of nitrogen functional groups attached to an aromatic ring is 1. The highest BCUT2D eigenvalue weighted by molar-refractivity contribution is 6.30. The molecule has 0 radical (unpaired) electrons. The van der Waals surface area contributed by atoms with Gasteiger partial charge >= 0.3 is 6.16 Å². The van der Waals surface area contributed by atoms with Crippen molar-refractivity contribution in [2.45, 2.75) is 6.92 Å². The Morgan fingerprint density at radius 1 is 1.47 bits per heavy atom. The van der Waals surface area contributed by atoms with Crippen molar-refractivity contribution in [2.24, 2.45) is 0 Å². The molecule has 0 saturated heterocycles. The minimum absolute atomic E-state index is 0.140. The van der Waals surface area contributed by atoms with E-state index >= 15 is 0 Å². The number of carbonyl (C=O) groups is 1. The summed E-state index contributed by atoms with van der Waals surface area (Å²) in [6, 6.07) is 5.30. The molecule has 0 aliphatic carbocycles. The summed E-state index contributed by atoms with van der Waals surface area (Å²) in [5.74, 6) is 0.344. The zero-order valence-electron chi connectivity index (χ0n) is 10.4.